The van der Waals surface area contributed by atoms with Crippen LogP contribution in [0.5, 0.6) is 6.01 Å². The molecule has 4 aromatic rings. The quantitative estimate of drug-likeness (QED) is 0.156. The van der Waals surface area contributed by atoms with Crippen LogP contribution in [0.25, 0.3) is 32.9 Å². The van der Waals surface area contributed by atoms with Crippen LogP contribution < -0.4 is 14.8 Å². The molecule has 8 rings (SSSR count). The third-order valence-corrected chi connectivity index (χ3v) is 15.9. The van der Waals surface area contributed by atoms with Crippen LogP contribution in [0.3, 0.4) is 0 Å². The van der Waals surface area contributed by atoms with Crippen LogP contribution in [0, 0.1) is 11.3 Å². The van der Waals surface area contributed by atoms with Crippen molar-refractivity contribution in [1.29, 1.82) is 0 Å². The average molecular weight is 899 g/mol. The fourth-order valence-electron chi connectivity index (χ4n) is 8.88. The maximum absolute atomic E-state index is 14.8. The van der Waals surface area contributed by atoms with Gasteiger partial charge in [0.15, 0.2) is 5.78 Å². The Morgan fingerprint density at radius 2 is 1.76 bits per heavy atom. The van der Waals surface area contributed by atoms with Gasteiger partial charge in [-0.25, -0.2) is 18.2 Å². The summed E-state index contributed by atoms with van der Waals surface area (Å²) in [5.74, 6) is -1.85. The zero-order chi connectivity index (χ0) is 44.9. The fraction of sp³-hybridized carbons (Fsp3) is 0.532. The normalized spacial score (nSPS) is 25.7. The predicted octanol–water partition coefficient (Wildman–Crippen LogP) is 8.13. The molecule has 5 atom stereocenters. The second-order valence-corrected chi connectivity index (χ2v) is 22.2. The summed E-state index contributed by atoms with van der Waals surface area (Å²) in [6, 6.07) is 14.1. The number of hydrogen-bond donors (Lipinski definition) is 2. The van der Waals surface area contributed by atoms with Gasteiger partial charge in [-0.15, -0.1) is 11.3 Å². The molecule has 2 aromatic heterocycles. The third kappa shape index (κ3) is 9.29. The minimum atomic E-state index is -3.97. The molecule has 2 aliphatic carbocycles. The summed E-state index contributed by atoms with van der Waals surface area (Å²) in [6.45, 7) is 10.9. The number of imidazole rings is 1. The van der Waals surface area contributed by atoms with Crippen molar-refractivity contribution in [1.82, 2.24) is 29.5 Å². The minimum absolute atomic E-state index is 0.0120. The second kappa shape index (κ2) is 17.1. The maximum Gasteiger partial charge on any atom is 0.408 e. The molecular weight excluding hydrogens is 841 g/mol. The molecule has 0 spiro atoms. The number of thiazole rings is 1. The van der Waals surface area contributed by atoms with Crippen LogP contribution in [0.2, 0.25) is 0 Å². The van der Waals surface area contributed by atoms with Crippen LogP contribution in [-0.4, -0.2) is 86.6 Å². The standard InChI is InChI=1S/C47H58N6O8S2/c1-29(2)53-36-21-15-19-33(40-48-35(28-62-40)30-16-11-10-12-17-30)39(36)50-43(53)60-32-24-37-38(54)26-47(42(56)51-63(58,59)46(6)22-23-46)25-31(47)18-13-8-7-9-14-20-34(41(55)52(37)27-32)49-44(57)61-45(3,4)5/h10-13,15-19,21,28-29,31-32,34,37H,7-9,14,20,22-27H2,1-6H3,(H,49,57)(H,51,56)/b18-13-/t31-,32+,34-,37-,47+/m0/s1. The lowest BCUT2D eigenvalue weighted by Crippen LogP contribution is -2.53. The van der Waals surface area contributed by atoms with Crippen LogP contribution in [0.1, 0.15) is 112 Å². The number of amides is 3. The summed E-state index contributed by atoms with van der Waals surface area (Å²) < 4.78 is 42.3. The highest BCUT2D eigenvalue weighted by Gasteiger charge is 2.62. The largest absolute Gasteiger partial charge is 0.459 e. The minimum Gasteiger partial charge on any atom is -0.459 e. The highest BCUT2D eigenvalue weighted by atomic mass is 32.2. The SMILES string of the molecule is CC(C)n1c(O[C@@H]2C[C@H]3C(=O)C[C@]4(C(=O)NS(=O)(=O)C5(C)CC5)C[C@@H]4/C=C\CCCCC[C@H](NC(=O)OC(C)(C)C)C(=O)N3C2)nc2c(-c3nc(-c4ccccc4)cs3)cccc21. The Labute approximate surface area is 373 Å². The van der Waals surface area contributed by atoms with Gasteiger partial charge in [0, 0.05) is 35.4 Å². The van der Waals surface area contributed by atoms with Gasteiger partial charge in [0.25, 0.3) is 6.01 Å². The molecule has 16 heteroatoms. The maximum atomic E-state index is 14.8. The van der Waals surface area contributed by atoms with Crippen LogP contribution in [-0.2, 0) is 29.1 Å². The summed E-state index contributed by atoms with van der Waals surface area (Å²) in [7, 11) is -3.97. The lowest BCUT2D eigenvalue weighted by Gasteiger charge is -2.30. The number of benzene rings is 2. The molecule has 2 aromatic carbocycles. The van der Waals surface area contributed by atoms with Crippen molar-refractivity contribution in [2.24, 2.45) is 11.3 Å². The number of nitrogens with one attached hydrogen (secondary N) is 2. The van der Waals surface area contributed by atoms with Crippen molar-refractivity contribution in [3.8, 4) is 27.8 Å². The van der Waals surface area contributed by atoms with Gasteiger partial charge in [0.05, 0.1) is 34.0 Å². The molecule has 2 N–H and O–H groups in total. The van der Waals surface area contributed by atoms with Crippen LogP contribution in [0.15, 0.2) is 66.1 Å². The number of carbonyl (C=O) groups excluding carboxylic acids is 4. The topological polar surface area (TPSA) is 179 Å². The molecule has 63 heavy (non-hydrogen) atoms. The number of Topliss-reactive ketones (excluding diaryl/α,β-unsaturated/α-hetero) is 1. The number of sulfonamides is 1. The smallest absolute Gasteiger partial charge is 0.408 e. The number of rotatable bonds is 9. The first-order chi connectivity index (χ1) is 29.9. The molecule has 4 aliphatic rings. The Bertz CT molecular complexity index is 2540. The van der Waals surface area contributed by atoms with Gasteiger partial charge in [0.1, 0.15) is 28.3 Å². The lowest BCUT2D eigenvalue weighted by atomic mass is 9.91. The Hall–Kier alpha value is -5.09. The first-order valence-corrected chi connectivity index (χ1v) is 24.5. The van der Waals surface area contributed by atoms with Gasteiger partial charge in [-0.1, -0.05) is 61.4 Å². The number of nitrogens with zero attached hydrogens (tertiary/aromatic N) is 4. The van der Waals surface area contributed by atoms with Crippen LogP contribution in [0.4, 0.5) is 4.79 Å². The molecule has 0 unspecified atom stereocenters. The number of ether oxygens (including phenoxy) is 2. The number of aromatic nitrogens is 3. The zero-order valence-corrected chi connectivity index (χ0v) is 38.5. The van der Waals surface area contributed by atoms with Gasteiger partial charge in [0.2, 0.25) is 21.8 Å². The summed E-state index contributed by atoms with van der Waals surface area (Å²) >= 11 is 1.53. The molecule has 14 nitrogen and oxygen atoms in total. The first-order valence-electron chi connectivity index (χ1n) is 22.1. The zero-order valence-electron chi connectivity index (χ0n) is 36.9. The monoisotopic (exact) mass is 898 g/mol. The van der Waals surface area contributed by atoms with E-state index in [0.717, 1.165) is 40.2 Å². The fourth-order valence-corrected chi connectivity index (χ4v) is 11.1. The van der Waals surface area contributed by atoms with Crippen molar-refractivity contribution in [2.45, 2.75) is 140 Å². The van der Waals surface area contributed by atoms with Crippen molar-refractivity contribution < 1.29 is 37.1 Å². The van der Waals surface area contributed by atoms with E-state index in [4.69, 9.17) is 19.4 Å². The van der Waals surface area contributed by atoms with Crippen molar-refractivity contribution in [2.75, 3.05) is 6.54 Å². The Morgan fingerprint density at radius 1 is 1.00 bits per heavy atom. The summed E-state index contributed by atoms with van der Waals surface area (Å²) in [6.07, 6.45) is 6.79. The van der Waals surface area contributed by atoms with E-state index in [1.165, 1.54) is 16.2 Å². The van der Waals surface area contributed by atoms with Crippen molar-refractivity contribution in [3.63, 3.8) is 0 Å². The van der Waals surface area contributed by atoms with Gasteiger partial charge >= 0.3 is 6.09 Å². The van der Waals surface area contributed by atoms with E-state index in [-0.39, 0.29) is 37.1 Å². The Balaban J connectivity index is 1.12. The summed E-state index contributed by atoms with van der Waals surface area (Å²) in [5.41, 5.74) is 2.17. The lowest BCUT2D eigenvalue weighted by molar-refractivity contribution is -0.140. The van der Waals surface area contributed by atoms with Gasteiger partial charge in [-0.2, -0.15) is 4.98 Å². The first kappa shape index (κ1) is 44.5. The number of ketones is 1. The number of carbonyl (C=O) groups is 4. The van der Waals surface area contributed by atoms with E-state index >= 15 is 0 Å². The van der Waals surface area contributed by atoms with Crippen LogP contribution >= 0.6 is 11.3 Å². The number of fused-ring (bicyclic) bond motifs is 3. The van der Waals surface area contributed by atoms with E-state index in [1.54, 1.807) is 27.7 Å². The molecule has 2 saturated carbocycles. The molecule has 3 amide bonds. The average Bonchev–Trinajstić information content (AvgIpc) is 3.89. The Kier molecular flexibility index (Phi) is 12.1. The molecule has 4 heterocycles. The van der Waals surface area contributed by atoms with Gasteiger partial charge in [-0.05, 0) is 98.1 Å². The molecule has 2 aliphatic heterocycles. The van der Waals surface area contributed by atoms with E-state index in [2.05, 4.69) is 10.0 Å². The van der Waals surface area contributed by atoms with Crippen molar-refractivity contribution in [3.05, 3.63) is 66.1 Å². The molecular formula is C47H58N6O8S2. The van der Waals surface area contributed by atoms with Gasteiger partial charge < -0.3 is 19.7 Å². The number of para-hydroxylation sites is 1. The molecule has 3 fully saturated rings. The van der Waals surface area contributed by atoms with E-state index in [1.807, 2.05) is 84.5 Å². The Morgan fingerprint density at radius 3 is 2.48 bits per heavy atom. The molecule has 0 bridgehead atoms. The molecule has 336 valence electrons. The number of alkyl carbamates (subject to hydrolysis) is 1. The molecule has 1 saturated heterocycles. The predicted molar refractivity (Wildman–Crippen MR) is 241 cm³/mol. The second-order valence-electron chi connectivity index (χ2n) is 19.2. The van der Waals surface area contributed by atoms with E-state index in [9.17, 15) is 27.6 Å². The van der Waals surface area contributed by atoms with E-state index in [0.29, 0.717) is 50.1 Å². The van der Waals surface area contributed by atoms with Gasteiger partial charge in [-0.3, -0.25) is 23.7 Å². The summed E-state index contributed by atoms with van der Waals surface area (Å²) in [5, 5.41) is 5.63. The van der Waals surface area contributed by atoms with Crippen molar-refractivity contribution >= 4 is 56.1 Å². The number of allylic oxidation sites excluding steroid dienone is 2. The third-order valence-electron chi connectivity index (χ3n) is 12.8. The highest BCUT2D eigenvalue weighted by Crippen LogP contribution is 2.57. The summed E-state index contributed by atoms with van der Waals surface area (Å²) in [4.78, 5) is 68.4. The molecule has 0 radical (unpaired) electrons. The highest BCUT2D eigenvalue weighted by molar-refractivity contribution is 7.91. The van der Waals surface area contributed by atoms with E-state index < -0.39 is 61.9 Å². The number of hydrogen-bond acceptors (Lipinski definition) is 11.